The molecular weight excluding hydrogens is 467 g/mol. The number of benzene rings is 2. The van der Waals surface area contributed by atoms with E-state index in [0.717, 1.165) is 22.3 Å². The van der Waals surface area contributed by atoms with Gasteiger partial charge in [0.05, 0.1) is 23.9 Å². The topological polar surface area (TPSA) is 62.2 Å². The molecule has 0 radical (unpaired) electrons. The van der Waals surface area contributed by atoms with Crippen molar-refractivity contribution in [2.45, 2.75) is 64.6 Å². The lowest BCUT2D eigenvalue weighted by Gasteiger charge is -2.36. The highest BCUT2D eigenvalue weighted by Gasteiger charge is 2.52. The van der Waals surface area contributed by atoms with Crippen LogP contribution in [0.2, 0.25) is 0 Å². The lowest BCUT2D eigenvalue weighted by molar-refractivity contribution is 0.00578. The number of rotatable bonds is 8. The number of hydrogen-bond donors (Lipinski definition) is 0. The normalized spacial score (nSPS) is 20.2. The van der Waals surface area contributed by atoms with Crippen LogP contribution in [-0.4, -0.2) is 53.5 Å². The van der Waals surface area contributed by atoms with E-state index in [9.17, 15) is 4.79 Å². The van der Waals surface area contributed by atoms with Gasteiger partial charge in [0.25, 0.3) is 5.91 Å². The van der Waals surface area contributed by atoms with Crippen LogP contribution in [0, 0.1) is 0 Å². The molecule has 0 aliphatic carbocycles. The largest absolute Gasteiger partial charge is 0.496 e. The van der Waals surface area contributed by atoms with Gasteiger partial charge in [0, 0.05) is 31.9 Å². The second kappa shape index (κ2) is 10.0. The summed E-state index contributed by atoms with van der Waals surface area (Å²) in [5.74, 6) is 0.743. The molecule has 7 nitrogen and oxygen atoms in total. The maximum absolute atomic E-state index is 13.7. The molecule has 3 heterocycles. The van der Waals surface area contributed by atoms with E-state index >= 15 is 0 Å². The predicted molar refractivity (Wildman–Crippen MR) is 143 cm³/mol. The molecule has 0 spiro atoms. The van der Waals surface area contributed by atoms with Crippen LogP contribution in [0.5, 0.6) is 5.75 Å². The van der Waals surface area contributed by atoms with E-state index in [4.69, 9.17) is 18.8 Å². The number of aromatic nitrogens is 1. The zero-order valence-corrected chi connectivity index (χ0v) is 22.3. The summed E-state index contributed by atoms with van der Waals surface area (Å²) in [6.45, 7) is 10.2. The third-order valence-electron chi connectivity index (χ3n) is 7.63. The van der Waals surface area contributed by atoms with E-state index in [0.29, 0.717) is 32.0 Å². The SMILES string of the molecule is COC[C@H]1Cn2cc(B3OC(C)(C)C(C)(C)O3)cc2C(=O)N1Cc1cccc(OCc2ccccc2)c1. The Morgan fingerprint density at radius 2 is 1.68 bits per heavy atom. The van der Waals surface area contributed by atoms with E-state index in [2.05, 4.69) is 0 Å². The third kappa shape index (κ3) is 5.19. The lowest BCUT2D eigenvalue weighted by atomic mass is 9.81. The molecule has 194 valence electrons. The first-order chi connectivity index (χ1) is 17.7. The smallest absolute Gasteiger partial charge is 0.489 e. The summed E-state index contributed by atoms with van der Waals surface area (Å²) in [5.41, 5.74) is 2.72. The number of ether oxygens (including phenoxy) is 2. The third-order valence-corrected chi connectivity index (χ3v) is 7.63. The van der Waals surface area contributed by atoms with Crippen LogP contribution >= 0.6 is 0 Å². The van der Waals surface area contributed by atoms with Crippen LogP contribution in [-0.2, 0) is 33.7 Å². The molecule has 37 heavy (non-hydrogen) atoms. The number of carbonyl (C=O) groups is 1. The molecule has 2 aliphatic heterocycles. The Morgan fingerprint density at radius 3 is 2.38 bits per heavy atom. The molecule has 5 rings (SSSR count). The zero-order valence-electron chi connectivity index (χ0n) is 22.3. The maximum atomic E-state index is 13.7. The molecule has 1 fully saturated rings. The van der Waals surface area contributed by atoms with Crippen molar-refractivity contribution in [3.63, 3.8) is 0 Å². The average molecular weight is 502 g/mol. The summed E-state index contributed by atoms with van der Waals surface area (Å²) in [6, 6.07) is 19.8. The monoisotopic (exact) mass is 502 g/mol. The van der Waals surface area contributed by atoms with E-state index in [1.807, 2.05) is 104 Å². The van der Waals surface area contributed by atoms with Gasteiger partial charge in [-0.3, -0.25) is 4.79 Å². The summed E-state index contributed by atoms with van der Waals surface area (Å²) in [5, 5.41) is 0. The van der Waals surface area contributed by atoms with Gasteiger partial charge in [-0.15, -0.1) is 0 Å². The van der Waals surface area contributed by atoms with Gasteiger partial charge in [0.2, 0.25) is 0 Å². The Hall–Kier alpha value is -3.07. The predicted octanol–water partition coefficient (Wildman–Crippen LogP) is 4.04. The fourth-order valence-electron chi connectivity index (χ4n) is 4.82. The summed E-state index contributed by atoms with van der Waals surface area (Å²) in [4.78, 5) is 15.6. The fraction of sp³-hybridized carbons (Fsp3) is 0.414. The van der Waals surface area contributed by atoms with Gasteiger partial charge >= 0.3 is 7.12 Å². The average Bonchev–Trinajstić information content (AvgIpc) is 3.39. The number of amides is 1. The van der Waals surface area contributed by atoms with Crippen molar-refractivity contribution in [1.29, 1.82) is 0 Å². The quantitative estimate of drug-likeness (QED) is 0.436. The van der Waals surface area contributed by atoms with Crippen molar-refractivity contribution in [2.24, 2.45) is 0 Å². The van der Waals surface area contributed by atoms with Crippen LogP contribution < -0.4 is 10.2 Å². The molecular formula is C29H35BN2O5. The van der Waals surface area contributed by atoms with Crippen LogP contribution in [0.15, 0.2) is 66.9 Å². The van der Waals surface area contributed by atoms with Gasteiger partial charge < -0.3 is 28.2 Å². The van der Waals surface area contributed by atoms with Gasteiger partial charge in [-0.1, -0.05) is 42.5 Å². The number of nitrogens with zero attached hydrogens (tertiary/aromatic N) is 2. The molecule has 3 aromatic rings. The van der Waals surface area contributed by atoms with Crippen molar-refractivity contribution in [1.82, 2.24) is 9.47 Å². The Morgan fingerprint density at radius 1 is 0.973 bits per heavy atom. The van der Waals surface area contributed by atoms with Crippen LogP contribution in [0.25, 0.3) is 0 Å². The minimum Gasteiger partial charge on any atom is -0.489 e. The van der Waals surface area contributed by atoms with E-state index in [1.54, 1.807) is 7.11 Å². The molecule has 2 aliphatic rings. The summed E-state index contributed by atoms with van der Waals surface area (Å²) in [6.07, 6.45) is 1.98. The highest BCUT2D eigenvalue weighted by molar-refractivity contribution is 6.62. The first-order valence-corrected chi connectivity index (χ1v) is 12.8. The summed E-state index contributed by atoms with van der Waals surface area (Å²) in [7, 11) is 1.16. The number of carbonyl (C=O) groups excluding carboxylic acids is 1. The maximum Gasteiger partial charge on any atom is 0.496 e. The summed E-state index contributed by atoms with van der Waals surface area (Å²) >= 11 is 0. The molecule has 1 saturated heterocycles. The Kier molecular flexibility index (Phi) is 6.92. The van der Waals surface area contributed by atoms with Gasteiger partial charge in [-0.05, 0) is 57.0 Å². The van der Waals surface area contributed by atoms with Crippen molar-refractivity contribution in [3.8, 4) is 5.75 Å². The molecule has 1 atom stereocenters. The fourth-order valence-corrected chi connectivity index (χ4v) is 4.82. The molecule has 0 unspecified atom stereocenters. The first kappa shape index (κ1) is 25.6. The number of hydrogen-bond acceptors (Lipinski definition) is 5. The second-order valence-electron chi connectivity index (χ2n) is 10.9. The minimum atomic E-state index is -0.510. The number of methoxy groups -OCH3 is 1. The van der Waals surface area contributed by atoms with Gasteiger partial charge in [-0.2, -0.15) is 0 Å². The van der Waals surface area contributed by atoms with E-state index < -0.39 is 18.3 Å². The van der Waals surface area contributed by atoms with Gasteiger partial charge in [0.1, 0.15) is 18.1 Å². The minimum absolute atomic E-state index is 0.0355. The standard InChI is InChI=1S/C29H35BN2O5/c1-28(2)29(3,4)37-30(36-28)23-15-26-27(33)32(24(20-34-5)18-31(26)17-23)16-22-12-9-13-25(14-22)35-19-21-10-7-6-8-11-21/h6-15,17,24H,16,18-20H2,1-5H3/t24-/m1/s1. The molecule has 0 N–H and O–H groups in total. The van der Waals surface area contributed by atoms with Crippen LogP contribution in [0.3, 0.4) is 0 Å². The molecule has 8 heteroatoms. The van der Waals surface area contributed by atoms with Crippen molar-refractivity contribution < 1.29 is 23.6 Å². The Balaban J connectivity index is 1.34. The van der Waals surface area contributed by atoms with Crippen molar-refractivity contribution in [3.05, 3.63) is 83.7 Å². The molecule has 0 saturated carbocycles. The molecule has 1 aromatic heterocycles. The van der Waals surface area contributed by atoms with Crippen LogP contribution in [0.4, 0.5) is 0 Å². The van der Waals surface area contributed by atoms with E-state index in [1.165, 1.54) is 0 Å². The molecule has 1 amide bonds. The highest BCUT2D eigenvalue weighted by Crippen LogP contribution is 2.36. The van der Waals surface area contributed by atoms with E-state index in [-0.39, 0.29) is 11.9 Å². The Labute approximate surface area is 219 Å². The number of fused-ring (bicyclic) bond motifs is 1. The Bertz CT molecular complexity index is 1240. The highest BCUT2D eigenvalue weighted by atomic mass is 16.7. The van der Waals surface area contributed by atoms with Crippen LogP contribution in [0.1, 0.15) is 49.3 Å². The second-order valence-corrected chi connectivity index (χ2v) is 10.9. The first-order valence-electron chi connectivity index (χ1n) is 12.8. The molecule has 0 bridgehead atoms. The zero-order chi connectivity index (χ0) is 26.2. The molecule has 2 aromatic carbocycles. The lowest BCUT2D eigenvalue weighted by Crippen LogP contribution is -2.49. The van der Waals surface area contributed by atoms with Crippen molar-refractivity contribution in [2.75, 3.05) is 13.7 Å². The summed E-state index contributed by atoms with van der Waals surface area (Å²) < 4.78 is 26.0. The van der Waals surface area contributed by atoms with Gasteiger partial charge in [0.15, 0.2) is 0 Å². The van der Waals surface area contributed by atoms with Crippen molar-refractivity contribution >= 4 is 18.5 Å². The van der Waals surface area contributed by atoms with Gasteiger partial charge in [-0.25, -0.2) is 0 Å².